The fourth-order valence-corrected chi connectivity index (χ4v) is 3.97. The molecule has 0 unspecified atom stereocenters. The largest absolute Gasteiger partial charge is 0.507 e. The molecule has 0 radical (unpaired) electrons. The van der Waals surface area contributed by atoms with Crippen molar-refractivity contribution in [2.45, 2.75) is 32.2 Å². The summed E-state index contributed by atoms with van der Waals surface area (Å²) in [5.74, 6) is 0.735. The maximum Gasteiger partial charge on any atom is 0.273 e. The van der Waals surface area contributed by atoms with E-state index in [4.69, 9.17) is 4.74 Å². The van der Waals surface area contributed by atoms with E-state index < -0.39 is 0 Å². The zero-order chi connectivity index (χ0) is 21.8. The van der Waals surface area contributed by atoms with Crippen molar-refractivity contribution < 1.29 is 19.7 Å². The molecule has 7 heteroatoms. The number of aliphatic hydroxyl groups excluding tert-OH is 1. The SMILES string of the molecule is CCCCOc1ccc([C@H]2c3c(-c4ccccc4O)n[nH]c3C(=O)N2CCCO)cc1. The summed E-state index contributed by atoms with van der Waals surface area (Å²) >= 11 is 0. The van der Waals surface area contributed by atoms with Gasteiger partial charge in [-0.15, -0.1) is 0 Å². The van der Waals surface area contributed by atoms with E-state index >= 15 is 0 Å². The van der Waals surface area contributed by atoms with Crippen LogP contribution < -0.4 is 4.74 Å². The van der Waals surface area contributed by atoms with Gasteiger partial charge in [-0.1, -0.05) is 37.6 Å². The van der Waals surface area contributed by atoms with E-state index in [1.165, 1.54) is 0 Å². The molecule has 2 heterocycles. The van der Waals surface area contributed by atoms with Crippen LogP contribution in [0.2, 0.25) is 0 Å². The van der Waals surface area contributed by atoms with Gasteiger partial charge in [-0.3, -0.25) is 9.89 Å². The number of benzene rings is 2. The zero-order valence-corrected chi connectivity index (χ0v) is 17.5. The molecule has 2 aromatic carbocycles. The molecular formula is C24H27N3O4. The normalized spacial score (nSPS) is 15.4. The highest BCUT2D eigenvalue weighted by molar-refractivity contribution is 6.00. The molecule has 1 aromatic heterocycles. The van der Waals surface area contributed by atoms with Crippen LogP contribution in [-0.4, -0.2) is 51.0 Å². The third-order valence-electron chi connectivity index (χ3n) is 5.54. The molecule has 1 aliphatic rings. The molecule has 3 aromatic rings. The predicted molar refractivity (Wildman–Crippen MR) is 117 cm³/mol. The Balaban J connectivity index is 1.74. The molecule has 7 nitrogen and oxygen atoms in total. The molecule has 1 amide bonds. The smallest absolute Gasteiger partial charge is 0.273 e. The van der Waals surface area contributed by atoms with E-state index in [0.717, 1.165) is 29.7 Å². The van der Waals surface area contributed by atoms with Crippen molar-refractivity contribution in [2.75, 3.05) is 19.8 Å². The standard InChI is InChI=1S/C24H27N3O4/c1-2-3-15-31-17-11-9-16(10-12-17)23-20-21(18-7-4-5-8-19(18)29)25-26-22(20)24(30)27(23)13-6-14-28/h4-5,7-12,23,28-29H,2-3,6,13-15H2,1H3,(H,25,26)/t23-/m0/s1. The fraction of sp³-hybridized carbons (Fsp3) is 0.333. The van der Waals surface area contributed by atoms with E-state index in [0.29, 0.717) is 36.5 Å². The summed E-state index contributed by atoms with van der Waals surface area (Å²) in [5.41, 5.74) is 3.21. The lowest BCUT2D eigenvalue weighted by Crippen LogP contribution is -2.31. The molecular weight excluding hydrogens is 394 g/mol. The predicted octanol–water partition coefficient (Wildman–Crippen LogP) is 3.89. The second kappa shape index (κ2) is 9.22. The van der Waals surface area contributed by atoms with Crippen LogP contribution in [0.4, 0.5) is 0 Å². The molecule has 0 saturated carbocycles. The number of hydrogen-bond acceptors (Lipinski definition) is 5. The van der Waals surface area contributed by atoms with Crippen LogP contribution in [0, 0.1) is 0 Å². The second-order valence-electron chi connectivity index (χ2n) is 7.63. The molecule has 0 spiro atoms. The van der Waals surface area contributed by atoms with Gasteiger partial charge >= 0.3 is 0 Å². The monoisotopic (exact) mass is 421 g/mol. The number of para-hydroxylation sites is 1. The molecule has 162 valence electrons. The molecule has 1 atom stereocenters. The summed E-state index contributed by atoms with van der Waals surface area (Å²) in [6, 6.07) is 14.3. The minimum Gasteiger partial charge on any atom is -0.507 e. The number of ether oxygens (including phenoxy) is 1. The number of rotatable bonds is 9. The number of unbranched alkanes of at least 4 members (excludes halogenated alkanes) is 1. The Bertz CT molecular complexity index is 1050. The first-order valence-electron chi connectivity index (χ1n) is 10.7. The molecule has 4 rings (SSSR count). The second-order valence-corrected chi connectivity index (χ2v) is 7.63. The Kier molecular flexibility index (Phi) is 6.23. The number of amides is 1. The van der Waals surface area contributed by atoms with E-state index in [2.05, 4.69) is 17.1 Å². The maximum absolute atomic E-state index is 13.1. The number of H-pyrrole nitrogens is 1. The third-order valence-corrected chi connectivity index (χ3v) is 5.54. The average molecular weight is 421 g/mol. The number of aliphatic hydroxyl groups is 1. The number of aromatic hydroxyl groups is 1. The van der Waals surface area contributed by atoms with Gasteiger partial charge in [0.05, 0.1) is 12.6 Å². The van der Waals surface area contributed by atoms with Crippen molar-refractivity contribution in [1.82, 2.24) is 15.1 Å². The number of phenolic OH excluding ortho intramolecular Hbond substituents is 1. The van der Waals surface area contributed by atoms with Gasteiger partial charge in [-0.2, -0.15) is 5.10 Å². The number of nitrogens with zero attached hydrogens (tertiary/aromatic N) is 2. The maximum atomic E-state index is 13.1. The van der Waals surface area contributed by atoms with Crippen molar-refractivity contribution in [1.29, 1.82) is 0 Å². The minimum atomic E-state index is -0.368. The molecule has 3 N–H and O–H groups in total. The highest BCUT2D eigenvalue weighted by atomic mass is 16.5. The van der Waals surface area contributed by atoms with Crippen molar-refractivity contribution in [3.05, 3.63) is 65.4 Å². The number of aromatic nitrogens is 2. The van der Waals surface area contributed by atoms with Gasteiger partial charge in [0.25, 0.3) is 5.91 Å². The Labute approximate surface area is 181 Å². The van der Waals surface area contributed by atoms with Crippen LogP contribution >= 0.6 is 0 Å². The van der Waals surface area contributed by atoms with Crippen LogP contribution in [0.25, 0.3) is 11.3 Å². The Morgan fingerprint density at radius 1 is 1.13 bits per heavy atom. The van der Waals surface area contributed by atoms with Crippen molar-refractivity contribution >= 4 is 5.91 Å². The van der Waals surface area contributed by atoms with Gasteiger partial charge in [0.15, 0.2) is 0 Å². The number of fused-ring (bicyclic) bond motifs is 1. The molecule has 31 heavy (non-hydrogen) atoms. The summed E-state index contributed by atoms with van der Waals surface area (Å²) in [6.07, 6.45) is 2.54. The van der Waals surface area contributed by atoms with Gasteiger partial charge in [-0.05, 0) is 42.7 Å². The first-order chi connectivity index (χ1) is 15.2. The van der Waals surface area contributed by atoms with E-state index in [1.54, 1.807) is 23.1 Å². The van der Waals surface area contributed by atoms with E-state index in [-0.39, 0.29) is 24.3 Å². The summed E-state index contributed by atoms with van der Waals surface area (Å²) < 4.78 is 5.77. The van der Waals surface area contributed by atoms with Crippen molar-refractivity contribution in [3.63, 3.8) is 0 Å². The van der Waals surface area contributed by atoms with Crippen LogP contribution in [0.15, 0.2) is 48.5 Å². The topological polar surface area (TPSA) is 98.7 Å². The zero-order valence-electron chi connectivity index (χ0n) is 17.5. The summed E-state index contributed by atoms with van der Waals surface area (Å²) in [6.45, 7) is 3.20. The Morgan fingerprint density at radius 2 is 1.90 bits per heavy atom. The average Bonchev–Trinajstić information content (AvgIpc) is 3.32. The molecule has 0 aliphatic carbocycles. The van der Waals surface area contributed by atoms with Gasteiger partial charge in [0.1, 0.15) is 22.9 Å². The summed E-state index contributed by atoms with van der Waals surface area (Å²) in [5, 5.41) is 27.0. The first kappa shape index (κ1) is 20.9. The van der Waals surface area contributed by atoms with Crippen LogP contribution in [0.3, 0.4) is 0 Å². The summed E-state index contributed by atoms with van der Waals surface area (Å²) in [7, 11) is 0. The lowest BCUT2D eigenvalue weighted by atomic mass is 9.95. The fourth-order valence-electron chi connectivity index (χ4n) is 3.97. The molecule has 1 aliphatic heterocycles. The van der Waals surface area contributed by atoms with Gasteiger partial charge < -0.3 is 19.8 Å². The molecule has 0 bridgehead atoms. The Hall–Kier alpha value is -3.32. The lowest BCUT2D eigenvalue weighted by molar-refractivity contribution is 0.0732. The highest BCUT2D eigenvalue weighted by Gasteiger charge is 2.42. The third kappa shape index (κ3) is 4.01. The van der Waals surface area contributed by atoms with E-state index in [9.17, 15) is 15.0 Å². The van der Waals surface area contributed by atoms with Gasteiger partial charge in [0.2, 0.25) is 0 Å². The van der Waals surface area contributed by atoms with Crippen molar-refractivity contribution in [2.24, 2.45) is 0 Å². The number of phenols is 1. The van der Waals surface area contributed by atoms with Crippen LogP contribution in [0.1, 0.15) is 53.8 Å². The van der Waals surface area contributed by atoms with Crippen LogP contribution in [-0.2, 0) is 0 Å². The molecule has 0 saturated heterocycles. The molecule has 0 fully saturated rings. The number of aromatic amines is 1. The Morgan fingerprint density at radius 3 is 2.61 bits per heavy atom. The van der Waals surface area contributed by atoms with Crippen molar-refractivity contribution in [3.8, 4) is 22.8 Å². The van der Waals surface area contributed by atoms with Gasteiger partial charge in [0, 0.05) is 24.3 Å². The number of carbonyl (C=O) groups is 1. The van der Waals surface area contributed by atoms with E-state index in [1.807, 2.05) is 30.3 Å². The van der Waals surface area contributed by atoms with Crippen LogP contribution in [0.5, 0.6) is 11.5 Å². The quantitative estimate of drug-likeness (QED) is 0.455. The highest BCUT2D eigenvalue weighted by Crippen LogP contribution is 2.44. The number of nitrogens with one attached hydrogen (secondary N) is 1. The summed E-state index contributed by atoms with van der Waals surface area (Å²) in [4.78, 5) is 14.9. The van der Waals surface area contributed by atoms with Gasteiger partial charge in [-0.25, -0.2) is 0 Å². The number of hydrogen-bond donors (Lipinski definition) is 3. The number of carbonyl (C=O) groups excluding carboxylic acids is 1. The first-order valence-corrected chi connectivity index (χ1v) is 10.7. The minimum absolute atomic E-state index is 0.000772. The lowest BCUT2D eigenvalue weighted by Gasteiger charge is -2.26.